The summed E-state index contributed by atoms with van der Waals surface area (Å²) in [6.45, 7) is 3.13. The number of hydrogen-bond acceptors (Lipinski definition) is 5. The number of rotatable bonds is 5. The molecular formula is C19H18FN3O2S. The summed E-state index contributed by atoms with van der Waals surface area (Å²) in [5, 5.41) is 8.85. The van der Waals surface area contributed by atoms with Gasteiger partial charge >= 0.3 is 0 Å². The molecule has 0 fully saturated rings. The van der Waals surface area contributed by atoms with E-state index < -0.39 is 6.29 Å². The van der Waals surface area contributed by atoms with Crippen LogP contribution in [0.5, 0.6) is 5.75 Å². The third kappa shape index (κ3) is 3.45. The van der Waals surface area contributed by atoms with Gasteiger partial charge in [-0.1, -0.05) is 42.1 Å². The summed E-state index contributed by atoms with van der Waals surface area (Å²) in [5.74, 6) is 0.948. The lowest BCUT2D eigenvalue weighted by Crippen LogP contribution is -2.19. The molecule has 0 unspecified atom stereocenters. The average molecular weight is 371 g/mol. The lowest BCUT2D eigenvalue weighted by molar-refractivity contribution is -0.112. The first-order valence-electron chi connectivity index (χ1n) is 8.39. The van der Waals surface area contributed by atoms with Gasteiger partial charge in [0.25, 0.3) is 0 Å². The Kier molecular flexibility index (Phi) is 4.90. The van der Waals surface area contributed by atoms with Crippen LogP contribution in [0.3, 0.4) is 0 Å². The second-order valence-corrected chi connectivity index (χ2v) is 6.86. The number of nitrogens with zero attached hydrogens (tertiary/aromatic N) is 3. The highest BCUT2D eigenvalue weighted by atomic mass is 32.2. The van der Waals surface area contributed by atoms with Gasteiger partial charge in [0.15, 0.2) is 5.16 Å². The van der Waals surface area contributed by atoms with E-state index in [0.717, 1.165) is 28.4 Å². The molecule has 0 N–H and O–H groups in total. The van der Waals surface area contributed by atoms with Gasteiger partial charge in [0.1, 0.15) is 17.9 Å². The highest BCUT2D eigenvalue weighted by Crippen LogP contribution is 2.38. The van der Waals surface area contributed by atoms with Crippen molar-refractivity contribution in [2.75, 3.05) is 0 Å². The van der Waals surface area contributed by atoms with E-state index in [4.69, 9.17) is 9.47 Å². The van der Waals surface area contributed by atoms with Crippen molar-refractivity contribution in [3.05, 3.63) is 71.3 Å². The molecule has 2 aromatic carbocycles. The first kappa shape index (κ1) is 17.1. The van der Waals surface area contributed by atoms with Gasteiger partial charge in [-0.3, -0.25) is 0 Å². The molecule has 4 rings (SSSR count). The first-order valence-corrected chi connectivity index (χ1v) is 9.38. The number of aryl methyl sites for hydroxylation is 1. The number of aromatic nitrogens is 3. The predicted molar refractivity (Wildman–Crippen MR) is 96.3 cm³/mol. The monoisotopic (exact) mass is 371 g/mol. The molecule has 7 heteroatoms. The maximum absolute atomic E-state index is 14.0. The Labute approximate surface area is 155 Å². The Bertz CT molecular complexity index is 901. The lowest BCUT2D eigenvalue weighted by atomic mass is 10.1. The smallest absolute Gasteiger partial charge is 0.227 e. The summed E-state index contributed by atoms with van der Waals surface area (Å²) >= 11 is 1.51. The second-order valence-electron chi connectivity index (χ2n) is 5.91. The third-order valence-electron chi connectivity index (χ3n) is 4.17. The zero-order valence-corrected chi connectivity index (χ0v) is 15.1. The largest absolute Gasteiger partial charge is 0.460 e. The van der Waals surface area contributed by atoms with Gasteiger partial charge < -0.3 is 14.0 Å². The van der Waals surface area contributed by atoms with Crippen LogP contribution < -0.4 is 4.74 Å². The van der Waals surface area contributed by atoms with Gasteiger partial charge in [-0.25, -0.2) is 4.39 Å². The number of halogens is 1. The molecule has 2 heterocycles. The number of ether oxygens (including phenoxy) is 2. The van der Waals surface area contributed by atoms with Crippen LogP contribution in [0.25, 0.3) is 0 Å². The quantitative estimate of drug-likeness (QED) is 0.625. The molecule has 1 aliphatic rings. The van der Waals surface area contributed by atoms with Gasteiger partial charge in [0.05, 0.1) is 6.61 Å². The minimum atomic E-state index is -0.489. The number of fused-ring (bicyclic) bond motifs is 1. The van der Waals surface area contributed by atoms with Crippen molar-refractivity contribution < 1.29 is 13.9 Å². The molecule has 1 aliphatic heterocycles. The second kappa shape index (κ2) is 7.47. The molecule has 0 radical (unpaired) electrons. The van der Waals surface area contributed by atoms with E-state index in [9.17, 15) is 4.39 Å². The van der Waals surface area contributed by atoms with Crippen molar-refractivity contribution in [2.24, 2.45) is 0 Å². The Morgan fingerprint density at radius 2 is 2.12 bits per heavy atom. The summed E-state index contributed by atoms with van der Waals surface area (Å²) in [6, 6.07) is 12.7. The summed E-state index contributed by atoms with van der Waals surface area (Å²) in [5.41, 5.74) is 2.46. The topological polar surface area (TPSA) is 49.2 Å². The summed E-state index contributed by atoms with van der Waals surface area (Å²) < 4.78 is 27.8. The normalized spacial score (nSPS) is 16.2. The molecule has 0 spiro atoms. The van der Waals surface area contributed by atoms with E-state index in [-0.39, 0.29) is 5.82 Å². The summed E-state index contributed by atoms with van der Waals surface area (Å²) in [4.78, 5) is 0. The molecular weight excluding hydrogens is 353 g/mol. The van der Waals surface area contributed by atoms with Crippen LogP contribution in [-0.2, 0) is 23.6 Å². The maximum atomic E-state index is 14.0. The van der Waals surface area contributed by atoms with Crippen molar-refractivity contribution >= 4 is 11.8 Å². The number of thioether (sulfide) groups is 1. The first-order chi connectivity index (χ1) is 12.7. The Morgan fingerprint density at radius 1 is 1.27 bits per heavy atom. The van der Waals surface area contributed by atoms with E-state index in [0.29, 0.717) is 18.1 Å². The third-order valence-corrected chi connectivity index (χ3v) is 5.20. The van der Waals surface area contributed by atoms with E-state index >= 15 is 0 Å². The summed E-state index contributed by atoms with van der Waals surface area (Å²) in [7, 11) is 0. The molecule has 134 valence electrons. The number of benzene rings is 2. The van der Waals surface area contributed by atoms with Crippen LogP contribution in [0.4, 0.5) is 4.39 Å². The minimum absolute atomic E-state index is 0.290. The number of hydrogen-bond donors (Lipinski definition) is 0. The van der Waals surface area contributed by atoms with Crippen LogP contribution in [0.15, 0.2) is 53.9 Å². The van der Waals surface area contributed by atoms with Gasteiger partial charge in [-0.05, 0) is 19.1 Å². The molecule has 0 saturated carbocycles. The van der Waals surface area contributed by atoms with E-state index in [1.165, 1.54) is 23.9 Å². The maximum Gasteiger partial charge on any atom is 0.227 e. The van der Waals surface area contributed by atoms with Crippen LogP contribution in [0, 0.1) is 5.82 Å². The SMILES string of the molecule is CCn1cnnc1SCc1cc(F)cc2c1O[C@H](c1ccccc1)OC2. The zero-order chi connectivity index (χ0) is 17.9. The molecule has 1 aromatic heterocycles. The van der Waals surface area contributed by atoms with Gasteiger partial charge in [-0.15, -0.1) is 10.2 Å². The van der Waals surface area contributed by atoms with Crippen molar-refractivity contribution in [3.8, 4) is 5.75 Å². The zero-order valence-electron chi connectivity index (χ0n) is 14.3. The van der Waals surface area contributed by atoms with E-state index in [1.54, 1.807) is 6.33 Å². The molecule has 26 heavy (non-hydrogen) atoms. The standard InChI is InChI=1S/C19H18FN3O2S/c1-2-23-12-21-22-19(23)26-11-15-9-16(20)8-14-10-24-18(25-17(14)15)13-6-4-3-5-7-13/h3-9,12,18H,2,10-11H2,1H3/t18-/m1/s1. The molecule has 1 atom stereocenters. The highest BCUT2D eigenvalue weighted by molar-refractivity contribution is 7.98. The molecule has 0 bridgehead atoms. The lowest BCUT2D eigenvalue weighted by Gasteiger charge is -2.28. The van der Waals surface area contributed by atoms with Crippen LogP contribution in [0.1, 0.15) is 29.9 Å². The molecule has 3 aromatic rings. The van der Waals surface area contributed by atoms with Crippen molar-refractivity contribution in [3.63, 3.8) is 0 Å². The van der Waals surface area contributed by atoms with Crippen LogP contribution in [-0.4, -0.2) is 14.8 Å². The van der Waals surface area contributed by atoms with E-state index in [1.807, 2.05) is 41.8 Å². The van der Waals surface area contributed by atoms with Crippen LogP contribution >= 0.6 is 11.8 Å². The average Bonchev–Trinajstić information content (AvgIpc) is 3.14. The molecule has 0 aliphatic carbocycles. The van der Waals surface area contributed by atoms with Crippen LogP contribution in [0.2, 0.25) is 0 Å². The van der Waals surface area contributed by atoms with Gasteiger partial charge in [0, 0.05) is 29.0 Å². The van der Waals surface area contributed by atoms with Gasteiger partial charge in [0.2, 0.25) is 6.29 Å². The minimum Gasteiger partial charge on any atom is -0.460 e. The fourth-order valence-electron chi connectivity index (χ4n) is 2.87. The Morgan fingerprint density at radius 3 is 2.92 bits per heavy atom. The highest BCUT2D eigenvalue weighted by Gasteiger charge is 2.25. The van der Waals surface area contributed by atoms with Gasteiger partial charge in [-0.2, -0.15) is 0 Å². The Hall–Kier alpha value is -2.38. The van der Waals surface area contributed by atoms with Crippen molar-refractivity contribution in [1.82, 2.24) is 14.8 Å². The van der Waals surface area contributed by atoms with Crippen molar-refractivity contribution in [1.29, 1.82) is 0 Å². The summed E-state index contributed by atoms with van der Waals surface area (Å²) in [6.07, 6.45) is 1.20. The Balaban J connectivity index is 1.59. The van der Waals surface area contributed by atoms with Crippen molar-refractivity contribution in [2.45, 2.75) is 37.3 Å². The molecule has 0 amide bonds. The fraction of sp³-hybridized carbons (Fsp3) is 0.263. The van der Waals surface area contributed by atoms with E-state index in [2.05, 4.69) is 10.2 Å². The molecule has 5 nitrogen and oxygen atoms in total. The fourth-order valence-corrected chi connectivity index (χ4v) is 3.82. The predicted octanol–water partition coefficient (Wildman–Crippen LogP) is 4.34. The molecule has 0 saturated heterocycles.